The Balaban J connectivity index is 0.00000144. The highest BCUT2D eigenvalue weighted by atomic mass is 35.5. The van der Waals surface area contributed by atoms with Crippen molar-refractivity contribution in [2.24, 2.45) is 0 Å². The first-order valence-electron chi connectivity index (χ1n) is 5.55. The van der Waals surface area contributed by atoms with Crippen LogP contribution in [0.3, 0.4) is 0 Å². The topological polar surface area (TPSA) is 15.3 Å². The van der Waals surface area contributed by atoms with Gasteiger partial charge in [-0.2, -0.15) is 0 Å². The van der Waals surface area contributed by atoms with Crippen LogP contribution in [0.2, 0.25) is 0 Å². The van der Waals surface area contributed by atoms with Gasteiger partial charge in [0, 0.05) is 32.2 Å². The average molecular weight is 263 g/mol. The van der Waals surface area contributed by atoms with Crippen molar-refractivity contribution >= 4 is 12.4 Å². The summed E-state index contributed by atoms with van der Waals surface area (Å²) in [5.74, 6) is -1.54. The molecule has 1 heterocycles. The number of halogens is 3. The van der Waals surface area contributed by atoms with Crippen molar-refractivity contribution in [2.75, 3.05) is 19.6 Å². The first kappa shape index (κ1) is 14.4. The molecular formula is C12H17ClF2N2. The molecular weight excluding hydrogens is 246 g/mol. The molecule has 0 aliphatic carbocycles. The summed E-state index contributed by atoms with van der Waals surface area (Å²) in [5, 5.41) is 3.34. The lowest BCUT2D eigenvalue weighted by Crippen LogP contribution is -2.48. The molecule has 1 saturated heterocycles. The number of nitrogens with one attached hydrogen (secondary N) is 1. The maximum Gasteiger partial charge on any atom is 0.159 e. The average Bonchev–Trinajstić information content (AvgIpc) is 2.24. The second kappa shape index (κ2) is 6.28. The van der Waals surface area contributed by atoms with E-state index in [4.69, 9.17) is 0 Å². The monoisotopic (exact) mass is 262 g/mol. The number of rotatable bonds is 2. The van der Waals surface area contributed by atoms with Crippen LogP contribution in [0.4, 0.5) is 8.78 Å². The minimum atomic E-state index is -0.780. The molecule has 0 saturated carbocycles. The van der Waals surface area contributed by atoms with E-state index in [0.717, 1.165) is 25.2 Å². The van der Waals surface area contributed by atoms with E-state index >= 15 is 0 Å². The van der Waals surface area contributed by atoms with Crippen molar-refractivity contribution in [1.82, 2.24) is 10.2 Å². The van der Waals surface area contributed by atoms with Crippen LogP contribution in [0.1, 0.15) is 12.5 Å². The van der Waals surface area contributed by atoms with Gasteiger partial charge in [0.15, 0.2) is 11.6 Å². The van der Waals surface area contributed by atoms with Crippen LogP contribution >= 0.6 is 12.4 Å². The van der Waals surface area contributed by atoms with Crippen LogP contribution < -0.4 is 5.32 Å². The van der Waals surface area contributed by atoms with E-state index in [1.165, 1.54) is 12.1 Å². The van der Waals surface area contributed by atoms with Gasteiger partial charge < -0.3 is 5.32 Å². The number of nitrogens with zero attached hydrogens (tertiary/aromatic N) is 1. The van der Waals surface area contributed by atoms with Gasteiger partial charge in [-0.1, -0.05) is 6.07 Å². The van der Waals surface area contributed by atoms with Crippen molar-refractivity contribution in [3.63, 3.8) is 0 Å². The predicted molar refractivity (Wildman–Crippen MR) is 66.3 cm³/mol. The lowest BCUT2D eigenvalue weighted by atomic mass is 10.1. The largest absolute Gasteiger partial charge is 0.312 e. The molecule has 1 aliphatic rings. The fourth-order valence-electron chi connectivity index (χ4n) is 2.05. The molecule has 96 valence electrons. The van der Waals surface area contributed by atoms with E-state index in [0.29, 0.717) is 12.6 Å². The summed E-state index contributed by atoms with van der Waals surface area (Å²) >= 11 is 0. The summed E-state index contributed by atoms with van der Waals surface area (Å²) in [6, 6.07) is 4.57. The van der Waals surface area contributed by atoms with Crippen LogP contribution in [0.25, 0.3) is 0 Å². The molecule has 1 N–H and O–H groups in total. The van der Waals surface area contributed by atoms with Crippen molar-refractivity contribution in [2.45, 2.75) is 19.5 Å². The maximum atomic E-state index is 13.0. The van der Waals surface area contributed by atoms with E-state index < -0.39 is 11.6 Å². The Labute approximate surface area is 106 Å². The van der Waals surface area contributed by atoms with Crippen LogP contribution in [0.5, 0.6) is 0 Å². The van der Waals surface area contributed by atoms with Gasteiger partial charge in [-0.3, -0.25) is 4.90 Å². The van der Waals surface area contributed by atoms with Crippen LogP contribution in [-0.2, 0) is 6.54 Å². The Morgan fingerprint density at radius 1 is 1.35 bits per heavy atom. The van der Waals surface area contributed by atoms with Gasteiger partial charge in [0.1, 0.15) is 0 Å². The highest BCUT2D eigenvalue weighted by Crippen LogP contribution is 2.12. The molecule has 1 aliphatic heterocycles. The third kappa shape index (κ3) is 3.91. The lowest BCUT2D eigenvalue weighted by molar-refractivity contribution is 0.199. The zero-order chi connectivity index (χ0) is 11.5. The summed E-state index contributed by atoms with van der Waals surface area (Å²) < 4.78 is 25.7. The van der Waals surface area contributed by atoms with Crippen molar-refractivity contribution in [3.8, 4) is 0 Å². The summed E-state index contributed by atoms with van der Waals surface area (Å²) in [6.45, 7) is 5.65. The van der Waals surface area contributed by atoms with E-state index in [-0.39, 0.29) is 12.4 Å². The third-order valence-corrected chi connectivity index (χ3v) is 2.84. The highest BCUT2D eigenvalue weighted by molar-refractivity contribution is 5.85. The van der Waals surface area contributed by atoms with E-state index in [1.807, 2.05) is 0 Å². The Hall–Kier alpha value is -0.710. The Morgan fingerprint density at radius 2 is 2.12 bits per heavy atom. The quantitative estimate of drug-likeness (QED) is 0.879. The summed E-state index contributed by atoms with van der Waals surface area (Å²) in [7, 11) is 0. The second-order valence-electron chi connectivity index (χ2n) is 4.34. The van der Waals surface area contributed by atoms with Gasteiger partial charge in [0.25, 0.3) is 0 Å². The molecule has 0 amide bonds. The molecule has 0 bridgehead atoms. The number of hydrogen-bond donors (Lipinski definition) is 1. The van der Waals surface area contributed by atoms with Gasteiger partial charge >= 0.3 is 0 Å². The fraction of sp³-hybridized carbons (Fsp3) is 0.500. The van der Waals surface area contributed by atoms with Crippen molar-refractivity contribution in [3.05, 3.63) is 35.4 Å². The summed E-state index contributed by atoms with van der Waals surface area (Å²) in [6.07, 6.45) is 0. The zero-order valence-electron chi connectivity index (χ0n) is 9.75. The third-order valence-electron chi connectivity index (χ3n) is 2.84. The van der Waals surface area contributed by atoms with E-state index in [1.54, 1.807) is 6.07 Å². The summed E-state index contributed by atoms with van der Waals surface area (Å²) in [4.78, 5) is 2.24. The van der Waals surface area contributed by atoms with E-state index in [2.05, 4.69) is 17.1 Å². The Morgan fingerprint density at radius 3 is 2.76 bits per heavy atom. The molecule has 2 nitrogen and oxygen atoms in total. The molecule has 0 spiro atoms. The van der Waals surface area contributed by atoms with Gasteiger partial charge in [-0.25, -0.2) is 8.78 Å². The second-order valence-corrected chi connectivity index (χ2v) is 4.34. The summed E-state index contributed by atoms with van der Waals surface area (Å²) in [5.41, 5.74) is 0.827. The zero-order valence-corrected chi connectivity index (χ0v) is 10.6. The SMILES string of the molecule is CC1CN(Cc2ccc(F)c(F)c2)CCN1.Cl. The molecule has 2 rings (SSSR count). The standard InChI is InChI=1S/C12H16F2N2.ClH/c1-9-7-16(5-4-15-9)8-10-2-3-11(13)12(14)6-10;/h2-3,6,9,15H,4-5,7-8H2,1H3;1H. The molecule has 1 atom stereocenters. The van der Waals surface area contributed by atoms with Gasteiger partial charge in [0.05, 0.1) is 0 Å². The predicted octanol–water partition coefficient (Wildman–Crippen LogP) is 2.18. The van der Waals surface area contributed by atoms with Gasteiger partial charge in [-0.05, 0) is 24.6 Å². The Bertz CT molecular complexity index is 374. The number of hydrogen-bond acceptors (Lipinski definition) is 2. The van der Waals surface area contributed by atoms with Crippen LogP contribution in [0.15, 0.2) is 18.2 Å². The molecule has 1 aromatic rings. The van der Waals surface area contributed by atoms with Crippen LogP contribution in [0, 0.1) is 11.6 Å². The maximum absolute atomic E-state index is 13.0. The molecule has 5 heteroatoms. The normalized spacial score (nSPS) is 21.0. The molecule has 0 radical (unpaired) electrons. The first-order chi connectivity index (χ1) is 7.65. The van der Waals surface area contributed by atoms with E-state index in [9.17, 15) is 8.78 Å². The Kier molecular flexibility index (Phi) is 5.31. The molecule has 1 fully saturated rings. The van der Waals surface area contributed by atoms with Crippen molar-refractivity contribution < 1.29 is 8.78 Å². The molecule has 1 unspecified atom stereocenters. The highest BCUT2D eigenvalue weighted by Gasteiger charge is 2.15. The van der Waals surface area contributed by atoms with Gasteiger partial charge in [0.2, 0.25) is 0 Å². The fourth-order valence-corrected chi connectivity index (χ4v) is 2.05. The molecule has 0 aromatic heterocycles. The van der Waals surface area contributed by atoms with Crippen molar-refractivity contribution in [1.29, 1.82) is 0 Å². The van der Waals surface area contributed by atoms with Gasteiger partial charge in [-0.15, -0.1) is 12.4 Å². The number of benzene rings is 1. The smallest absolute Gasteiger partial charge is 0.159 e. The lowest BCUT2D eigenvalue weighted by Gasteiger charge is -2.31. The number of piperazine rings is 1. The minimum absolute atomic E-state index is 0. The molecule has 17 heavy (non-hydrogen) atoms. The minimum Gasteiger partial charge on any atom is -0.312 e. The first-order valence-corrected chi connectivity index (χ1v) is 5.55. The molecule has 1 aromatic carbocycles. The van der Waals surface area contributed by atoms with Crippen LogP contribution in [-0.4, -0.2) is 30.6 Å².